The summed E-state index contributed by atoms with van der Waals surface area (Å²) in [7, 11) is -2.21. The van der Waals surface area contributed by atoms with Gasteiger partial charge in [-0.05, 0) is 51.1 Å². The van der Waals surface area contributed by atoms with Crippen molar-refractivity contribution in [2.45, 2.75) is 31.7 Å². The molecule has 2 N–H and O–H groups in total. The molecule has 2 rings (SSSR count). The molecule has 0 fully saturated rings. The number of nitrogens with one attached hydrogen (secondary N) is 2. The Labute approximate surface area is 148 Å². The van der Waals surface area contributed by atoms with Crippen LogP contribution in [0.4, 0.5) is 5.69 Å². The number of carbonyl (C=O) groups is 1. The maximum absolute atomic E-state index is 12.4. The van der Waals surface area contributed by atoms with E-state index in [0.29, 0.717) is 17.0 Å². The number of ether oxygens (including phenoxy) is 1. The lowest BCUT2D eigenvalue weighted by atomic mass is 10.1. The van der Waals surface area contributed by atoms with Crippen molar-refractivity contribution in [2.75, 3.05) is 12.4 Å². The number of carbonyl (C=O) groups excluding carboxylic acids is 1. The number of sulfonamides is 1. The Morgan fingerprint density at radius 3 is 2.44 bits per heavy atom. The van der Waals surface area contributed by atoms with Crippen molar-refractivity contribution in [1.82, 2.24) is 4.72 Å². The first-order valence-corrected chi connectivity index (χ1v) is 9.29. The van der Waals surface area contributed by atoms with Gasteiger partial charge >= 0.3 is 0 Å². The highest BCUT2D eigenvalue weighted by atomic mass is 32.2. The predicted octanol–water partition coefficient (Wildman–Crippen LogP) is 2.94. The summed E-state index contributed by atoms with van der Waals surface area (Å²) in [5, 5.41) is 2.71. The summed E-state index contributed by atoms with van der Waals surface area (Å²) in [5.74, 6) is 0.0397. The molecule has 7 heteroatoms. The van der Waals surface area contributed by atoms with Gasteiger partial charge in [0.15, 0.2) is 0 Å². The lowest BCUT2D eigenvalue weighted by Gasteiger charge is -2.14. The van der Waals surface area contributed by atoms with Gasteiger partial charge in [-0.2, -0.15) is 0 Å². The van der Waals surface area contributed by atoms with Gasteiger partial charge in [0.1, 0.15) is 5.75 Å². The first kappa shape index (κ1) is 19.0. The van der Waals surface area contributed by atoms with Crippen molar-refractivity contribution in [3.63, 3.8) is 0 Å². The second-order valence-electron chi connectivity index (χ2n) is 5.96. The number of hydrogen-bond acceptors (Lipinski definition) is 4. The van der Waals surface area contributed by atoms with Crippen molar-refractivity contribution in [3.8, 4) is 5.75 Å². The minimum absolute atomic E-state index is 0.0570. The molecule has 134 valence electrons. The maximum Gasteiger partial charge on any atom is 0.255 e. The molecule has 0 aliphatic heterocycles. The van der Waals surface area contributed by atoms with Crippen molar-refractivity contribution in [1.29, 1.82) is 0 Å². The second kappa shape index (κ2) is 7.67. The minimum Gasteiger partial charge on any atom is -0.495 e. The van der Waals surface area contributed by atoms with E-state index in [1.807, 2.05) is 13.0 Å². The largest absolute Gasteiger partial charge is 0.495 e. The lowest BCUT2D eigenvalue weighted by Crippen LogP contribution is -2.30. The normalized spacial score (nSPS) is 11.4. The van der Waals surface area contributed by atoms with Gasteiger partial charge in [-0.3, -0.25) is 4.79 Å². The van der Waals surface area contributed by atoms with Gasteiger partial charge in [0.05, 0.1) is 17.7 Å². The van der Waals surface area contributed by atoms with Crippen LogP contribution in [0, 0.1) is 6.92 Å². The third-order valence-corrected chi connectivity index (χ3v) is 5.06. The van der Waals surface area contributed by atoms with E-state index in [1.54, 1.807) is 32.0 Å². The summed E-state index contributed by atoms with van der Waals surface area (Å²) in [6, 6.07) is 11.2. The zero-order valence-electron chi connectivity index (χ0n) is 14.7. The quantitative estimate of drug-likeness (QED) is 0.827. The highest BCUT2D eigenvalue weighted by Crippen LogP contribution is 2.28. The molecule has 0 aromatic heterocycles. The molecule has 2 aromatic carbocycles. The van der Waals surface area contributed by atoms with Gasteiger partial charge in [-0.1, -0.05) is 17.7 Å². The topological polar surface area (TPSA) is 84.5 Å². The van der Waals surface area contributed by atoms with Crippen molar-refractivity contribution in [3.05, 3.63) is 53.6 Å². The van der Waals surface area contributed by atoms with E-state index in [1.165, 1.54) is 25.3 Å². The Balaban J connectivity index is 2.36. The van der Waals surface area contributed by atoms with Gasteiger partial charge < -0.3 is 10.1 Å². The van der Waals surface area contributed by atoms with Gasteiger partial charge in [-0.15, -0.1) is 0 Å². The zero-order chi connectivity index (χ0) is 18.6. The van der Waals surface area contributed by atoms with Crippen LogP contribution in [-0.4, -0.2) is 27.5 Å². The number of hydrogen-bond donors (Lipinski definition) is 2. The van der Waals surface area contributed by atoms with E-state index in [4.69, 9.17) is 4.74 Å². The molecule has 0 unspecified atom stereocenters. The molecule has 0 aliphatic rings. The third kappa shape index (κ3) is 4.80. The SMILES string of the molecule is COc1ccc(S(=O)(=O)NC(C)C)cc1NC(=O)c1cccc(C)c1. The summed E-state index contributed by atoms with van der Waals surface area (Å²) in [6.45, 7) is 5.37. The summed E-state index contributed by atoms with van der Waals surface area (Å²) >= 11 is 0. The number of methoxy groups -OCH3 is 1. The number of rotatable bonds is 6. The minimum atomic E-state index is -3.67. The van der Waals surface area contributed by atoms with Crippen LogP contribution in [0.15, 0.2) is 47.4 Å². The lowest BCUT2D eigenvalue weighted by molar-refractivity contribution is 0.102. The fourth-order valence-electron chi connectivity index (χ4n) is 2.31. The molecule has 0 saturated heterocycles. The molecule has 6 nitrogen and oxygen atoms in total. The van der Waals surface area contributed by atoms with Crippen LogP contribution < -0.4 is 14.8 Å². The van der Waals surface area contributed by atoms with Gasteiger partial charge in [0.2, 0.25) is 10.0 Å². The fraction of sp³-hybridized carbons (Fsp3) is 0.278. The van der Waals surface area contributed by atoms with Crippen LogP contribution >= 0.6 is 0 Å². The van der Waals surface area contributed by atoms with E-state index in [-0.39, 0.29) is 16.8 Å². The van der Waals surface area contributed by atoms with Crippen molar-refractivity contribution >= 4 is 21.6 Å². The molecule has 0 atom stereocenters. The van der Waals surface area contributed by atoms with Crippen LogP contribution in [0.5, 0.6) is 5.75 Å². The first-order valence-electron chi connectivity index (χ1n) is 7.81. The predicted molar refractivity (Wildman–Crippen MR) is 97.6 cm³/mol. The van der Waals surface area contributed by atoms with Crippen LogP contribution in [0.1, 0.15) is 29.8 Å². The van der Waals surface area contributed by atoms with E-state index in [2.05, 4.69) is 10.0 Å². The van der Waals surface area contributed by atoms with Gasteiger partial charge in [-0.25, -0.2) is 13.1 Å². The Hall–Kier alpha value is -2.38. The first-order chi connectivity index (χ1) is 11.7. The molecule has 0 bridgehead atoms. The zero-order valence-corrected chi connectivity index (χ0v) is 15.5. The van der Waals surface area contributed by atoms with E-state index < -0.39 is 10.0 Å². The molecule has 0 aliphatic carbocycles. The monoisotopic (exact) mass is 362 g/mol. The standard InChI is InChI=1S/C18H22N2O4S/c1-12(2)20-25(22,23)15-8-9-17(24-4)16(11-15)19-18(21)14-7-5-6-13(3)10-14/h5-12,20H,1-4H3,(H,19,21). The highest BCUT2D eigenvalue weighted by Gasteiger charge is 2.18. The third-order valence-electron chi connectivity index (χ3n) is 3.40. The molecule has 0 heterocycles. The molecule has 1 amide bonds. The fourth-order valence-corrected chi connectivity index (χ4v) is 3.59. The Bertz CT molecular complexity index is 876. The Morgan fingerprint density at radius 2 is 1.84 bits per heavy atom. The van der Waals surface area contributed by atoms with E-state index in [9.17, 15) is 13.2 Å². The van der Waals surface area contributed by atoms with E-state index in [0.717, 1.165) is 5.56 Å². The number of benzene rings is 2. The number of anilines is 1. The summed E-state index contributed by atoms with van der Waals surface area (Å²) in [6.07, 6.45) is 0. The molecule has 0 radical (unpaired) electrons. The van der Waals surface area contributed by atoms with Crippen molar-refractivity contribution < 1.29 is 17.9 Å². The Morgan fingerprint density at radius 1 is 1.12 bits per heavy atom. The average molecular weight is 362 g/mol. The molecule has 0 saturated carbocycles. The average Bonchev–Trinajstić information content (AvgIpc) is 2.53. The maximum atomic E-state index is 12.4. The number of amides is 1. The molecular formula is C18H22N2O4S. The molecular weight excluding hydrogens is 340 g/mol. The highest BCUT2D eigenvalue weighted by molar-refractivity contribution is 7.89. The molecule has 0 spiro atoms. The number of aryl methyl sites for hydroxylation is 1. The summed E-state index contributed by atoms with van der Waals surface area (Å²) < 4.78 is 32.4. The van der Waals surface area contributed by atoms with Crippen molar-refractivity contribution in [2.24, 2.45) is 0 Å². The molecule has 25 heavy (non-hydrogen) atoms. The van der Waals surface area contributed by atoms with Crippen LogP contribution in [0.2, 0.25) is 0 Å². The summed E-state index contributed by atoms with van der Waals surface area (Å²) in [4.78, 5) is 12.5. The van der Waals surface area contributed by atoms with Crippen LogP contribution in [0.25, 0.3) is 0 Å². The summed E-state index contributed by atoms with van der Waals surface area (Å²) in [5.41, 5.74) is 1.73. The van der Waals surface area contributed by atoms with Gasteiger partial charge in [0.25, 0.3) is 5.91 Å². The van der Waals surface area contributed by atoms with Gasteiger partial charge in [0, 0.05) is 11.6 Å². The van der Waals surface area contributed by atoms with E-state index >= 15 is 0 Å². The second-order valence-corrected chi connectivity index (χ2v) is 7.68. The Kier molecular flexibility index (Phi) is 5.81. The smallest absolute Gasteiger partial charge is 0.255 e. The molecule has 2 aromatic rings. The van der Waals surface area contributed by atoms with Crippen LogP contribution in [-0.2, 0) is 10.0 Å². The van der Waals surface area contributed by atoms with Crippen LogP contribution in [0.3, 0.4) is 0 Å².